The second kappa shape index (κ2) is 4.93. The molecule has 3 nitrogen and oxygen atoms in total. The van der Waals surface area contributed by atoms with E-state index >= 15 is 0 Å². The van der Waals surface area contributed by atoms with Gasteiger partial charge in [-0.1, -0.05) is 0 Å². The van der Waals surface area contributed by atoms with E-state index in [9.17, 15) is 8.42 Å². The van der Waals surface area contributed by atoms with Crippen molar-refractivity contribution in [3.8, 4) is 0 Å². The Hall–Kier alpha value is -1.27. The van der Waals surface area contributed by atoms with Gasteiger partial charge in [0.2, 0.25) is 0 Å². The normalized spacial score (nSPS) is 11.9. The van der Waals surface area contributed by atoms with Crippen LogP contribution in [0.2, 0.25) is 0 Å². The van der Waals surface area contributed by atoms with Crippen LogP contribution in [0.25, 0.3) is 10.9 Å². The Kier molecular flexibility index (Phi) is 3.38. The molecule has 0 saturated carbocycles. The molecule has 1 heterocycles. The number of para-hydroxylation sites is 1. The van der Waals surface area contributed by atoms with Gasteiger partial charge in [0.05, 0.1) is 0 Å². The van der Waals surface area contributed by atoms with Gasteiger partial charge in [-0.3, -0.25) is 0 Å². The molecule has 3 rings (SSSR count). The molecule has 20 heavy (non-hydrogen) atoms. The van der Waals surface area contributed by atoms with E-state index in [1.807, 2.05) is 43.3 Å². The van der Waals surface area contributed by atoms with Crippen LogP contribution in [0.15, 0.2) is 58.5 Å². The average molecular weight is 390 g/mol. The summed E-state index contributed by atoms with van der Waals surface area (Å²) in [5.74, 6) is 0. The molecule has 0 spiro atoms. The molecule has 5 heteroatoms. The standard InChI is InChI=1S/C15H12NO2S.Sn.H/c1-11-6-8-13(9-7-11)19(17,18)15-10-12-4-2-3-5-14(12)16-15;;/h2-9,16H,1H3;;. The van der Waals surface area contributed by atoms with Crippen LogP contribution < -0.4 is 3.58 Å². The predicted molar refractivity (Wildman–Crippen MR) is 81.7 cm³/mol. The molecule has 1 N–H and O–H groups in total. The van der Waals surface area contributed by atoms with Crippen molar-refractivity contribution in [2.45, 2.75) is 16.8 Å². The predicted octanol–water partition coefficient (Wildman–Crippen LogP) is 1.84. The minimum atomic E-state index is -3.47. The number of aromatic nitrogens is 1. The Balaban J connectivity index is 2.24. The molecule has 100 valence electrons. The number of aromatic amines is 1. The third kappa shape index (κ3) is 2.16. The van der Waals surface area contributed by atoms with Crippen molar-refractivity contribution in [2.75, 3.05) is 0 Å². The summed E-state index contributed by atoms with van der Waals surface area (Å²) < 4.78 is 26.3. The number of hydrogen-bond donors (Lipinski definition) is 1. The van der Waals surface area contributed by atoms with E-state index in [4.69, 9.17) is 0 Å². The Bertz CT molecular complexity index is 880. The minimum absolute atomic E-state index is 0.338. The molecule has 0 amide bonds. The van der Waals surface area contributed by atoms with Crippen molar-refractivity contribution in [1.82, 2.24) is 4.98 Å². The maximum atomic E-state index is 12.7. The van der Waals surface area contributed by atoms with E-state index in [1.165, 1.54) is 0 Å². The summed E-state index contributed by atoms with van der Waals surface area (Å²) in [5.41, 5.74) is 1.92. The van der Waals surface area contributed by atoms with Gasteiger partial charge in [0, 0.05) is 0 Å². The first kappa shape index (κ1) is 13.7. The summed E-state index contributed by atoms with van der Waals surface area (Å²) in [6.07, 6.45) is 0. The van der Waals surface area contributed by atoms with Gasteiger partial charge in [-0.25, -0.2) is 0 Å². The van der Waals surface area contributed by atoms with E-state index < -0.39 is 9.84 Å². The van der Waals surface area contributed by atoms with E-state index in [0.29, 0.717) is 9.92 Å². The monoisotopic (exact) mass is 391 g/mol. The molecule has 0 saturated heterocycles. The van der Waals surface area contributed by atoms with Crippen LogP contribution in [0.4, 0.5) is 0 Å². The van der Waals surface area contributed by atoms with Crippen molar-refractivity contribution < 1.29 is 8.42 Å². The molecular weight excluding hydrogens is 377 g/mol. The Labute approximate surface area is 131 Å². The summed E-state index contributed by atoms with van der Waals surface area (Å²) >= 11 is 0.755. The Morgan fingerprint density at radius 3 is 2.30 bits per heavy atom. The topological polar surface area (TPSA) is 49.9 Å². The molecule has 0 unspecified atom stereocenters. The van der Waals surface area contributed by atoms with Crippen LogP contribution in [0.1, 0.15) is 5.56 Å². The number of rotatable bonds is 2. The molecule has 1 aromatic heterocycles. The van der Waals surface area contributed by atoms with Gasteiger partial charge in [0.25, 0.3) is 0 Å². The summed E-state index contributed by atoms with van der Waals surface area (Å²) in [4.78, 5) is 3.40. The maximum absolute atomic E-state index is 12.7. The van der Waals surface area contributed by atoms with E-state index in [0.717, 1.165) is 42.6 Å². The second-order valence-corrected chi connectivity index (χ2v) is 8.26. The van der Waals surface area contributed by atoms with Gasteiger partial charge in [-0.2, -0.15) is 0 Å². The number of H-pyrrole nitrogens is 1. The Morgan fingerprint density at radius 2 is 1.65 bits per heavy atom. The van der Waals surface area contributed by atoms with E-state index in [-0.39, 0.29) is 0 Å². The van der Waals surface area contributed by atoms with Crippen molar-refractivity contribution in [2.24, 2.45) is 0 Å². The number of aryl methyl sites for hydroxylation is 1. The second-order valence-electron chi connectivity index (χ2n) is 4.73. The zero-order valence-corrected chi connectivity index (χ0v) is 15.0. The quantitative estimate of drug-likeness (QED) is 0.680. The molecule has 0 bridgehead atoms. The van der Waals surface area contributed by atoms with Crippen LogP contribution >= 0.6 is 0 Å². The first-order valence-corrected chi connectivity index (χ1v) is 9.31. The van der Waals surface area contributed by atoms with Gasteiger partial charge in [0.1, 0.15) is 0 Å². The van der Waals surface area contributed by atoms with Crippen LogP contribution in [0.5, 0.6) is 0 Å². The Morgan fingerprint density at radius 1 is 1.00 bits per heavy atom. The third-order valence-corrected chi connectivity index (χ3v) is 7.37. The number of benzene rings is 2. The first-order valence-electron chi connectivity index (χ1n) is 6.18. The molecule has 0 aliphatic carbocycles. The van der Waals surface area contributed by atoms with Crippen LogP contribution in [-0.4, -0.2) is 35.9 Å². The molecule has 3 aromatic rings. The van der Waals surface area contributed by atoms with Gasteiger partial charge in [-0.15, -0.1) is 0 Å². The van der Waals surface area contributed by atoms with Crippen molar-refractivity contribution in [3.05, 3.63) is 54.1 Å². The van der Waals surface area contributed by atoms with Crippen LogP contribution in [-0.2, 0) is 9.84 Å². The SMILES string of the molecule is Cc1ccc(S(=O)(=O)c2[nH]c3ccccc3[c]2[SnH])cc1. The van der Waals surface area contributed by atoms with Crippen LogP contribution in [0.3, 0.4) is 0 Å². The van der Waals surface area contributed by atoms with Crippen molar-refractivity contribution >= 4 is 46.8 Å². The fraction of sp³-hybridized carbons (Fsp3) is 0.0667. The molecule has 2 radical (unpaired) electrons. The van der Waals surface area contributed by atoms with Gasteiger partial charge >= 0.3 is 131 Å². The first-order chi connectivity index (χ1) is 9.50. The summed E-state index contributed by atoms with van der Waals surface area (Å²) in [6, 6.07) is 14.7. The molecule has 0 aliphatic rings. The van der Waals surface area contributed by atoms with Crippen molar-refractivity contribution in [3.63, 3.8) is 0 Å². The van der Waals surface area contributed by atoms with E-state index in [2.05, 4.69) is 4.98 Å². The summed E-state index contributed by atoms with van der Waals surface area (Å²) in [7, 11) is -3.47. The third-order valence-electron chi connectivity index (χ3n) is 3.31. The van der Waals surface area contributed by atoms with Gasteiger partial charge in [0.15, 0.2) is 0 Å². The number of nitrogens with one attached hydrogen (secondary N) is 1. The molecule has 0 atom stereocenters. The van der Waals surface area contributed by atoms with Gasteiger partial charge in [-0.05, 0) is 0 Å². The number of fused-ring (bicyclic) bond motifs is 1. The zero-order valence-electron chi connectivity index (χ0n) is 10.9. The zero-order chi connectivity index (χ0) is 14.3. The fourth-order valence-corrected chi connectivity index (χ4v) is 5.81. The summed E-state index contributed by atoms with van der Waals surface area (Å²) in [5, 5.41) is 1.34. The molecule has 2 aromatic carbocycles. The van der Waals surface area contributed by atoms with Crippen LogP contribution in [0, 0.1) is 6.92 Å². The fourth-order valence-electron chi connectivity index (χ4n) is 2.19. The number of sulfone groups is 1. The number of hydrogen-bond acceptors (Lipinski definition) is 2. The van der Waals surface area contributed by atoms with E-state index in [1.54, 1.807) is 12.1 Å². The molecule has 0 fully saturated rings. The average Bonchev–Trinajstić information content (AvgIpc) is 2.78. The summed E-state index contributed by atoms with van der Waals surface area (Å²) in [6.45, 7) is 1.94. The van der Waals surface area contributed by atoms with Crippen molar-refractivity contribution in [1.29, 1.82) is 0 Å². The molecular formula is C15H13NO2SSn. The molecule has 0 aliphatic heterocycles. The van der Waals surface area contributed by atoms with Gasteiger partial charge < -0.3 is 0 Å².